The molecule has 1 aromatic carbocycles. The van der Waals surface area contributed by atoms with E-state index in [1.54, 1.807) is 13.2 Å². The van der Waals surface area contributed by atoms with Gasteiger partial charge in [0.05, 0.1) is 23.7 Å². The minimum Gasteiger partial charge on any atom is -0.492 e. The molecule has 2 aromatic rings. The van der Waals surface area contributed by atoms with Crippen molar-refractivity contribution < 1.29 is 14.6 Å². The molecule has 2 N–H and O–H groups in total. The molecule has 0 amide bonds. The van der Waals surface area contributed by atoms with Crippen LogP contribution < -0.4 is 20.4 Å². The molecule has 0 bridgehead atoms. The van der Waals surface area contributed by atoms with Gasteiger partial charge >= 0.3 is 5.97 Å². The maximum Gasteiger partial charge on any atom is 0.341 e. The number of rotatable bonds is 4. The molecule has 2 atom stereocenters. The molecule has 3 aliphatic rings. The van der Waals surface area contributed by atoms with E-state index in [1.165, 1.54) is 19.0 Å². The molecule has 5 rings (SSSR count). The maximum absolute atomic E-state index is 12.8. The van der Waals surface area contributed by atoms with Crippen molar-refractivity contribution in [2.24, 2.45) is 5.92 Å². The van der Waals surface area contributed by atoms with Crippen molar-refractivity contribution in [1.29, 1.82) is 0 Å². The first-order chi connectivity index (χ1) is 13.6. The number of nitrogens with zero attached hydrogens (tertiary/aromatic N) is 2. The fourth-order valence-electron chi connectivity index (χ4n) is 4.89. The van der Waals surface area contributed by atoms with E-state index in [-0.39, 0.29) is 11.6 Å². The van der Waals surface area contributed by atoms with Crippen molar-refractivity contribution in [3.63, 3.8) is 0 Å². The van der Waals surface area contributed by atoms with Crippen LogP contribution in [0, 0.1) is 5.92 Å². The second-order valence-electron chi connectivity index (χ2n) is 8.20. The van der Waals surface area contributed by atoms with Gasteiger partial charge in [-0.1, -0.05) is 0 Å². The number of anilines is 1. The van der Waals surface area contributed by atoms with Crippen LogP contribution in [0.15, 0.2) is 23.1 Å². The highest BCUT2D eigenvalue weighted by Gasteiger charge is 2.36. The first-order valence-electron chi connectivity index (χ1n) is 10.1. The van der Waals surface area contributed by atoms with Gasteiger partial charge in [0.25, 0.3) is 0 Å². The monoisotopic (exact) mass is 383 g/mol. The first-order valence-corrected chi connectivity index (χ1v) is 10.1. The first kappa shape index (κ1) is 17.6. The largest absolute Gasteiger partial charge is 0.492 e. The Morgan fingerprint density at radius 2 is 2.07 bits per heavy atom. The number of pyridine rings is 1. The third-order valence-corrected chi connectivity index (χ3v) is 6.44. The Balaban J connectivity index is 1.68. The number of benzene rings is 1. The van der Waals surface area contributed by atoms with Gasteiger partial charge in [-0.15, -0.1) is 0 Å². The molecule has 1 aromatic heterocycles. The lowest BCUT2D eigenvalue weighted by Crippen LogP contribution is -2.40. The molecule has 1 aliphatic carbocycles. The van der Waals surface area contributed by atoms with Crippen molar-refractivity contribution >= 4 is 22.6 Å². The van der Waals surface area contributed by atoms with Crippen LogP contribution in [0.3, 0.4) is 0 Å². The molecule has 7 heteroatoms. The van der Waals surface area contributed by atoms with Crippen molar-refractivity contribution in [2.75, 3.05) is 31.6 Å². The summed E-state index contributed by atoms with van der Waals surface area (Å²) in [6.45, 7) is 2.97. The average molecular weight is 383 g/mol. The lowest BCUT2D eigenvalue weighted by Gasteiger charge is -2.24. The summed E-state index contributed by atoms with van der Waals surface area (Å²) in [5, 5.41) is 13.5. The Hall–Kier alpha value is -2.54. The molecule has 3 heterocycles. The topological polar surface area (TPSA) is 83.8 Å². The highest BCUT2D eigenvalue weighted by molar-refractivity contribution is 5.97. The Kier molecular flexibility index (Phi) is 4.08. The van der Waals surface area contributed by atoms with Crippen molar-refractivity contribution in [1.82, 2.24) is 9.88 Å². The zero-order valence-corrected chi connectivity index (χ0v) is 16.0. The molecule has 28 heavy (non-hydrogen) atoms. The lowest BCUT2D eigenvalue weighted by atomic mass is 9.94. The standard InChI is InChI=1S/C21H25N3O4/c1-28-20-17(23-9-12-3-2-8-22-16(12)11-23)7-6-14-18(20)24(13-4-5-13)10-15(19(14)25)21(26)27/h6-7,10,12-13,16,22H,2-5,8-9,11H2,1H3,(H,26,27)/t12-,16+/m0/s1. The molecule has 0 unspecified atom stereocenters. The molecular formula is C21H25N3O4. The van der Waals surface area contributed by atoms with Gasteiger partial charge < -0.3 is 24.6 Å². The van der Waals surface area contributed by atoms with Crippen LogP contribution in [0.2, 0.25) is 0 Å². The summed E-state index contributed by atoms with van der Waals surface area (Å²) < 4.78 is 7.78. The van der Waals surface area contributed by atoms with E-state index in [9.17, 15) is 14.7 Å². The van der Waals surface area contributed by atoms with Crippen LogP contribution in [-0.4, -0.2) is 48.4 Å². The Labute approximate surface area is 162 Å². The summed E-state index contributed by atoms with van der Waals surface area (Å²) in [5.41, 5.74) is 1.09. The van der Waals surface area contributed by atoms with Crippen LogP contribution in [0.5, 0.6) is 5.75 Å². The number of piperidine rings is 1. The Morgan fingerprint density at radius 1 is 1.25 bits per heavy atom. The van der Waals surface area contributed by atoms with Gasteiger partial charge in [0, 0.05) is 31.4 Å². The quantitative estimate of drug-likeness (QED) is 0.842. The van der Waals surface area contributed by atoms with E-state index in [0.29, 0.717) is 23.1 Å². The number of carboxylic acids is 1. The van der Waals surface area contributed by atoms with E-state index in [4.69, 9.17) is 4.74 Å². The van der Waals surface area contributed by atoms with E-state index < -0.39 is 11.4 Å². The smallest absolute Gasteiger partial charge is 0.341 e. The van der Waals surface area contributed by atoms with E-state index in [2.05, 4.69) is 10.2 Å². The fourth-order valence-corrected chi connectivity index (χ4v) is 4.89. The SMILES string of the molecule is COc1c(N2C[C@@H]3CCCN[C@@H]3C2)ccc2c(=O)c(C(=O)O)cn(C3CC3)c12. The number of carbonyl (C=O) groups is 1. The summed E-state index contributed by atoms with van der Waals surface area (Å²) in [7, 11) is 1.63. The van der Waals surface area contributed by atoms with Gasteiger partial charge in [-0.25, -0.2) is 4.79 Å². The molecule has 2 aliphatic heterocycles. The van der Waals surface area contributed by atoms with Gasteiger partial charge in [-0.3, -0.25) is 4.79 Å². The molecule has 1 saturated carbocycles. The van der Waals surface area contributed by atoms with Crippen molar-refractivity contribution in [3.05, 3.63) is 34.1 Å². The average Bonchev–Trinajstić information content (AvgIpc) is 3.45. The Bertz CT molecular complexity index is 997. The van der Waals surface area contributed by atoms with Gasteiger partial charge in [0.2, 0.25) is 5.43 Å². The third-order valence-electron chi connectivity index (χ3n) is 6.44. The minimum absolute atomic E-state index is 0.175. The number of ether oxygens (including phenoxy) is 1. The number of aromatic nitrogens is 1. The minimum atomic E-state index is -1.18. The summed E-state index contributed by atoms with van der Waals surface area (Å²) in [4.78, 5) is 26.7. The Morgan fingerprint density at radius 3 is 2.75 bits per heavy atom. The third kappa shape index (κ3) is 2.68. The number of methoxy groups -OCH3 is 1. The van der Waals surface area contributed by atoms with Gasteiger partial charge in [0.15, 0.2) is 5.75 Å². The van der Waals surface area contributed by atoms with E-state index in [1.807, 2.05) is 10.6 Å². The highest BCUT2D eigenvalue weighted by Crippen LogP contribution is 2.43. The van der Waals surface area contributed by atoms with Gasteiger partial charge in [0.1, 0.15) is 5.56 Å². The molecule has 148 valence electrons. The normalized spacial score (nSPS) is 24.4. The second-order valence-corrected chi connectivity index (χ2v) is 8.20. The second kappa shape index (κ2) is 6.51. The predicted octanol–water partition coefficient (Wildman–Crippen LogP) is 2.23. The molecular weight excluding hydrogens is 358 g/mol. The molecule has 2 saturated heterocycles. The lowest BCUT2D eigenvalue weighted by molar-refractivity contribution is 0.0695. The number of nitrogens with one attached hydrogen (secondary N) is 1. The zero-order valence-electron chi connectivity index (χ0n) is 16.0. The van der Waals surface area contributed by atoms with Crippen LogP contribution in [0.1, 0.15) is 42.1 Å². The number of hydrogen-bond acceptors (Lipinski definition) is 5. The summed E-state index contributed by atoms with van der Waals surface area (Å²) in [5.74, 6) is 0.130. The summed E-state index contributed by atoms with van der Waals surface area (Å²) in [6.07, 6.45) is 5.93. The number of hydrogen-bond donors (Lipinski definition) is 2. The molecule has 0 spiro atoms. The van der Waals surface area contributed by atoms with Gasteiger partial charge in [-0.2, -0.15) is 0 Å². The number of fused-ring (bicyclic) bond motifs is 2. The predicted molar refractivity (Wildman–Crippen MR) is 107 cm³/mol. The summed E-state index contributed by atoms with van der Waals surface area (Å²) in [6, 6.07) is 4.42. The van der Waals surface area contributed by atoms with Crippen LogP contribution >= 0.6 is 0 Å². The molecule has 3 fully saturated rings. The molecule has 7 nitrogen and oxygen atoms in total. The highest BCUT2D eigenvalue weighted by atomic mass is 16.5. The summed E-state index contributed by atoms with van der Waals surface area (Å²) >= 11 is 0. The zero-order chi connectivity index (χ0) is 19.4. The van der Waals surface area contributed by atoms with Crippen LogP contribution in [-0.2, 0) is 0 Å². The maximum atomic E-state index is 12.8. The van der Waals surface area contributed by atoms with Crippen LogP contribution in [0.4, 0.5) is 5.69 Å². The number of carboxylic acid groups (broad SMARTS) is 1. The molecule has 0 radical (unpaired) electrons. The van der Waals surface area contributed by atoms with Crippen LogP contribution in [0.25, 0.3) is 10.9 Å². The van der Waals surface area contributed by atoms with Crippen molar-refractivity contribution in [2.45, 2.75) is 37.8 Å². The number of aromatic carboxylic acids is 1. The van der Waals surface area contributed by atoms with E-state index >= 15 is 0 Å². The van der Waals surface area contributed by atoms with E-state index in [0.717, 1.165) is 43.7 Å². The van der Waals surface area contributed by atoms with Crippen molar-refractivity contribution in [3.8, 4) is 5.75 Å². The fraction of sp³-hybridized carbons (Fsp3) is 0.524. The van der Waals surface area contributed by atoms with Gasteiger partial charge in [-0.05, 0) is 50.3 Å².